The van der Waals surface area contributed by atoms with Crippen LogP contribution in [-0.2, 0) is 11.2 Å². The summed E-state index contributed by atoms with van der Waals surface area (Å²) in [4.78, 5) is 11.9. The maximum absolute atomic E-state index is 11.9. The SMILES string of the molecule is Cc1cccc(CCC(=O)NCCNc2ccc(-n3ccc(C)n3)nn2)c1. The third kappa shape index (κ3) is 5.64. The lowest BCUT2D eigenvalue weighted by Crippen LogP contribution is -2.29. The maximum Gasteiger partial charge on any atom is 0.220 e. The van der Waals surface area contributed by atoms with Gasteiger partial charge in [-0.25, -0.2) is 4.68 Å². The van der Waals surface area contributed by atoms with Crippen molar-refractivity contribution in [1.82, 2.24) is 25.3 Å². The molecule has 27 heavy (non-hydrogen) atoms. The molecule has 0 aliphatic rings. The van der Waals surface area contributed by atoms with Gasteiger partial charge in [-0.15, -0.1) is 10.2 Å². The summed E-state index contributed by atoms with van der Waals surface area (Å²) in [6.07, 6.45) is 3.08. The summed E-state index contributed by atoms with van der Waals surface area (Å²) in [5.74, 6) is 1.38. The number of nitrogens with zero attached hydrogens (tertiary/aromatic N) is 4. The van der Waals surface area contributed by atoms with Gasteiger partial charge in [0.1, 0.15) is 5.82 Å². The van der Waals surface area contributed by atoms with E-state index in [1.54, 1.807) is 4.68 Å². The van der Waals surface area contributed by atoms with Crippen LogP contribution >= 0.6 is 0 Å². The Morgan fingerprint density at radius 3 is 2.67 bits per heavy atom. The molecule has 140 valence electrons. The molecular formula is C20H24N6O. The number of rotatable bonds is 8. The summed E-state index contributed by atoms with van der Waals surface area (Å²) >= 11 is 0. The zero-order chi connectivity index (χ0) is 19.1. The van der Waals surface area contributed by atoms with Gasteiger partial charge in [-0.05, 0) is 44.0 Å². The molecule has 7 nitrogen and oxygen atoms in total. The Hall–Kier alpha value is -3.22. The van der Waals surface area contributed by atoms with Crippen LogP contribution in [0.3, 0.4) is 0 Å². The molecule has 0 radical (unpaired) electrons. The van der Waals surface area contributed by atoms with Crippen LogP contribution in [0.1, 0.15) is 23.2 Å². The van der Waals surface area contributed by atoms with Crippen molar-refractivity contribution in [2.24, 2.45) is 0 Å². The molecule has 0 spiro atoms. The number of aryl methyl sites for hydroxylation is 3. The molecule has 7 heteroatoms. The number of carbonyl (C=O) groups excluding carboxylic acids is 1. The van der Waals surface area contributed by atoms with Crippen molar-refractivity contribution in [2.45, 2.75) is 26.7 Å². The molecule has 0 fully saturated rings. The molecule has 1 amide bonds. The van der Waals surface area contributed by atoms with Crippen LogP contribution in [0, 0.1) is 13.8 Å². The number of benzene rings is 1. The normalized spacial score (nSPS) is 10.6. The van der Waals surface area contributed by atoms with Crippen molar-refractivity contribution in [3.8, 4) is 5.82 Å². The van der Waals surface area contributed by atoms with Crippen molar-refractivity contribution >= 4 is 11.7 Å². The predicted molar refractivity (Wildman–Crippen MR) is 105 cm³/mol. The monoisotopic (exact) mass is 364 g/mol. The van der Waals surface area contributed by atoms with Gasteiger partial charge in [-0.1, -0.05) is 29.8 Å². The van der Waals surface area contributed by atoms with Gasteiger partial charge in [0.15, 0.2) is 5.82 Å². The highest BCUT2D eigenvalue weighted by atomic mass is 16.1. The van der Waals surface area contributed by atoms with Crippen molar-refractivity contribution < 1.29 is 4.79 Å². The van der Waals surface area contributed by atoms with E-state index in [0.29, 0.717) is 31.1 Å². The zero-order valence-corrected chi connectivity index (χ0v) is 15.6. The van der Waals surface area contributed by atoms with Gasteiger partial charge < -0.3 is 10.6 Å². The molecule has 3 aromatic rings. The molecule has 0 bridgehead atoms. The zero-order valence-electron chi connectivity index (χ0n) is 15.6. The first-order valence-electron chi connectivity index (χ1n) is 9.03. The van der Waals surface area contributed by atoms with Crippen LogP contribution in [-0.4, -0.2) is 39.0 Å². The molecule has 2 aromatic heterocycles. The van der Waals surface area contributed by atoms with Gasteiger partial charge in [-0.2, -0.15) is 5.10 Å². The Morgan fingerprint density at radius 2 is 1.96 bits per heavy atom. The molecular weight excluding hydrogens is 340 g/mol. The average Bonchev–Trinajstić information content (AvgIpc) is 3.10. The van der Waals surface area contributed by atoms with Crippen LogP contribution < -0.4 is 10.6 Å². The first-order valence-corrected chi connectivity index (χ1v) is 9.03. The lowest BCUT2D eigenvalue weighted by atomic mass is 10.1. The van der Waals surface area contributed by atoms with E-state index in [4.69, 9.17) is 0 Å². The number of carbonyl (C=O) groups is 1. The smallest absolute Gasteiger partial charge is 0.220 e. The van der Waals surface area contributed by atoms with E-state index < -0.39 is 0 Å². The summed E-state index contributed by atoms with van der Waals surface area (Å²) in [6.45, 7) is 5.11. The van der Waals surface area contributed by atoms with E-state index >= 15 is 0 Å². The Balaban J connectivity index is 1.36. The number of hydrogen-bond donors (Lipinski definition) is 2. The third-order valence-electron chi connectivity index (χ3n) is 4.08. The van der Waals surface area contributed by atoms with Gasteiger partial charge in [0.25, 0.3) is 0 Å². The lowest BCUT2D eigenvalue weighted by molar-refractivity contribution is -0.120. The summed E-state index contributed by atoms with van der Waals surface area (Å²) in [5, 5.41) is 18.6. The molecule has 1 aromatic carbocycles. The quantitative estimate of drug-likeness (QED) is 0.600. The lowest BCUT2D eigenvalue weighted by Gasteiger charge is -2.08. The molecule has 0 saturated carbocycles. The van der Waals surface area contributed by atoms with Crippen LogP contribution in [0.15, 0.2) is 48.7 Å². The molecule has 0 aliphatic carbocycles. The first kappa shape index (κ1) is 18.6. The van der Waals surface area contributed by atoms with Crippen molar-refractivity contribution in [2.75, 3.05) is 18.4 Å². The van der Waals surface area contributed by atoms with Crippen molar-refractivity contribution in [3.63, 3.8) is 0 Å². The van der Waals surface area contributed by atoms with Gasteiger partial charge in [0.05, 0.1) is 5.69 Å². The number of amides is 1. The molecule has 0 aliphatic heterocycles. The minimum Gasteiger partial charge on any atom is -0.367 e. The van der Waals surface area contributed by atoms with Crippen LogP contribution in [0.5, 0.6) is 0 Å². The molecule has 0 atom stereocenters. The fourth-order valence-corrected chi connectivity index (χ4v) is 2.69. The maximum atomic E-state index is 11.9. The number of nitrogens with one attached hydrogen (secondary N) is 2. The van der Waals surface area contributed by atoms with Gasteiger partial charge in [0, 0.05) is 25.7 Å². The van der Waals surface area contributed by atoms with Crippen LogP contribution in [0.2, 0.25) is 0 Å². The highest BCUT2D eigenvalue weighted by Gasteiger charge is 2.03. The van der Waals surface area contributed by atoms with Crippen molar-refractivity contribution in [1.29, 1.82) is 0 Å². The highest BCUT2D eigenvalue weighted by molar-refractivity contribution is 5.76. The molecule has 0 unspecified atom stereocenters. The highest BCUT2D eigenvalue weighted by Crippen LogP contribution is 2.07. The number of anilines is 1. The number of aromatic nitrogens is 4. The second kappa shape index (κ2) is 8.93. The topological polar surface area (TPSA) is 84.7 Å². The van der Waals surface area contributed by atoms with E-state index in [-0.39, 0.29) is 5.91 Å². The van der Waals surface area contributed by atoms with Crippen LogP contribution in [0.4, 0.5) is 5.82 Å². The Bertz CT molecular complexity index is 887. The summed E-state index contributed by atoms with van der Waals surface area (Å²) in [5.41, 5.74) is 3.33. The van der Waals surface area contributed by atoms with E-state index in [1.807, 2.05) is 37.4 Å². The average molecular weight is 364 g/mol. The molecule has 0 saturated heterocycles. The van der Waals surface area contributed by atoms with E-state index in [2.05, 4.69) is 51.1 Å². The summed E-state index contributed by atoms with van der Waals surface area (Å²) < 4.78 is 1.68. The minimum absolute atomic E-state index is 0.0498. The largest absolute Gasteiger partial charge is 0.367 e. The van der Waals surface area contributed by atoms with E-state index in [0.717, 1.165) is 12.1 Å². The number of hydrogen-bond acceptors (Lipinski definition) is 5. The molecule has 2 N–H and O–H groups in total. The van der Waals surface area contributed by atoms with Gasteiger partial charge in [0.2, 0.25) is 5.91 Å². The molecule has 3 rings (SSSR count). The van der Waals surface area contributed by atoms with Gasteiger partial charge >= 0.3 is 0 Å². The Morgan fingerprint density at radius 1 is 1.07 bits per heavy atom. The second-order valence-electron chi connectivity index (χ2n) is 6.44. The van der Waals surface area contributed by atoms with Crippen molar-refractivity contribution in [3.05, 3.63) is 65.5 Å². The van der Waals surface area contributed by atoms with Gasteiger partial charge in [-0.3, -0.25) is 4.79 Å². The standard InChI is InChI=1S/C20H24N6O/c1-15-4-3-5-17(14-15)6-9-20(27)22-12-11-21-18-7-8-19(24-23-18)26-13-10-16(2)25-26/h3-5,7-8,10,13-14H,6,9,11-12H2,1-2H3,(H,21,23)(H,22,27). The first-order chi connectivity index (χ1) is 13.1. The van der Waals surface area contributed by atoms with E-state index in [1.165, 1.54) is 11.1 Å². The van der Waals surface area contributed by atoms with E-state index in [9.17, 15) is 4.79 Å². The Kier molecular flexibility index (Phi) is 6.14. The fourth-order valence-electron chi connectivity index (χ4n) is 2.69. The summed E-state index contributed by atoms with van der Waals surface area (Å²) in [6, 6.07) is 13.8. The fraction of sp³-hybridized carbons (Fsp3) is 0.300. The Labute approximate surface area is 158 Å². The second-order valence-corrected chi connectivity index (χ2v) is 6.44. The molecule has 2 heterocycles. The predicted octanol–water partition coefficient (Wildman–Crippen LogP) is 2.44. The van der Waals surface area contributed by atoms with Crippen LogP contribution in [0.25, 0.3) is 5.82 Å². The third-order valence-corrected chi connectivity index (χ3v) is 4.08. The summed E-state index contributed by atoms with van der Waals surface area (Å²) in [7, 11) is 0. The minimum atomic E-state index is 0.0498.